The molecule has 0 rings (SSSR count). The summed E-state index contributed by atoms with van der Waals surface area (Å²) < 4.78 is 88.4. The molecule has 0 aromatic rings. The maximum atomic E-state index is 11.0. The Bertz CT molecular complexity index is 520. The third-order valence-corrected chi connectivity index (χ3v) is 8.81. The van der Waals surface area contributed by atoms with Gasteiger partial charge in [-0.1, -0.05) is 0 Å². The van der Waals surface area contributed by atoms with Crippen LogP contribution in [0.2, 0.25) is 0 Å². The van der Waals surface area contributed by atoms with E-state index in [9.17, 15) is 25.3 Å². The average molecular weight is 327 g/mol. The molecule has 0 fully saturated rings. The van der Waals surface area contributed by atoms with Crippen molar-refractivity contribution in [3.8, 4) is 0 Å². The third kappa shape index (κ3) is 3.17. The zero-order chi connectivity index (χ0) is 15.0. The molecule has 0 spiro atoms. The van der Waals surface area contributed by atoms with Crippen molar-refractivity contribution in [3.63, 3.8) is 0 Å². The summed E-state index contributed by atoms with van der Waals surface area (Å²) in [6, 6.07) is 0. The van der Waals surface area contributed by atoms with Crippen molar-refractivity contribution in [1.29, 1.82) is 0 Å². The first kappa shape index (κ1) is 17.7. The molecule has 0 atom stereocenters. The zero-order valence-electron chi connectivity index (χ0n) is 9.38. The van der Waals surface area contributed by atoms with Crippen LogP contribution in [-0.4, -0.2) is 67.9 Å². The molecule has 0 heterocycles. The minimum Gasteiger partial charge on any atom is -0.309 e. The first-order valence-corrected chi connectivity index (χ1v) is 8.54. The highest BCUT2D eigenvalue weighted by atomic mass is 32.3. The number of rotatable bonds is 6. The predicted molar refractivity (Wildman–Crippen MR) is 60.5 cm³/mol. The van der Waals surface area contributed by atoms with Crippen LogP contribution >= 0.6 is 0 Å². The summed E-state index contributed by atoms with van der Waals surface area (Å²) in [5.74, 6) is 0. The van der Waals surface area contributed by atoms with Gasteiger partial charge in [-0.15, -0.1) is 0 Å². The molecule has 0 unspecified atom stereocenters. The Hall–Kier alpha value is -0.310. The molecule has 0 amide bonds. The molecule has 0 aliphatic carbocycles. The molecule has 0 aromatic heterocycles. The van der Waals surface area contributed by atoms with Gasteiger partial charge < -0.3 is 4.90 Å². The molecule has 0 saturated heterocycles. The fourth-order valence-corrected chi connectivity index (χ4v) is 5.39. The van der Waals surface area contributed by atoms with Crippen LogP contribution in [0.4, 0.5) is 0 Å². The molecule has 0 radical (unpaired) electrons. The van der Waals surface area contributed by atoms with Gasteiger partial charge in [-0.2, -0.15) is 25.3 Å². The summed E-state index contributed by atoms with van der Waals surface area (Å²) in [5.41, 5.74) is 0. The highest BCUT2D eigenvalue weighted by Crippen LogP contribution is 2.33. The normalized spacial score (nSPS) is 15.0. The second-order valence-electron chi connectivity index (χ2n) is 3.66. The molecule has 10 nitrogen and oxygen atoms in total. The van der Waals surface area contributed by atoms with Gasteiger partial charge in [-0.3, -0.25) is 13.7 Å². The van der Waals surface area contributed by atoms with Gasteiger partial charge in [0, 0.05) is 13.0 Å². The SMILES string of the molecule is CN(C)CCC(S(=O)(=O)O)(S(=O)(=O)O)S(=O)(=O)O. The van der Waals surface area contributed by atoms with E-state index >= 15 is 0 Å². The number of hydrogen-bond acceptors (Lipinski definition) is 7. The average Bonchev–Trinajstić information content (AvgIpc) is 1.94. The first-order valence-electron chi connectivity index (χ1n) is 4.22. The summed E-state index contributed by atoms with van der Waals surface area (Å²) in [6.07, 6.45) is -1.27. The number of nitrogens with zero attached hydrogens (tertiary/aromatic N) is 1. The lowest BCUT2D eigenvalue weighted by atomic mass is 10.4. The van der Waals surface area contributed by atoms with Gasteiger partial charge in [-0.05, 0) is 14.1 Å². The van der Waals surface area contributed by atoms with Crippen LogP contribution in [0.5, 0.6) is 0 Å². The molecule has 3 N–H and O–H groups in total. The summed E-state index contributed by atoms with van der Waals surface area (Å²) in [7, 11) is -14.8. The van der Waals surface area contributed by atoms with Crippen molar-refractivity contribution in [1.82, 2.24) is 4.90 Å². The van der Waals surface area contributed by atoms with Gasteiger partial charge >= 0.3 is 33.8 Å². The second-order valence-corrected chi connectivity index (χ2v) is 9.38. The molecule has 0 aromatic carbocycles. The summed E-state index contributed by atoms with van der Waals surface area (Å²) >= 11 is 0. The van der Waals surface area contributed by atoms with Crippen LogP contribution in [0.1, 0.15) is 6.42 Å². The van der Waals surface area contributed by atoms with E-state index in [0.29, 0.717) is 0 Å². The lowest BCUT2D eigenvalue weighted by molar-refractivity contribution is 0.370. The van der Waals surface area contributed by atoms with Crippen LogP contribution < -0.4 is 0 Å². The Morgan fingerprint density at radius 1 is 0.833 bits per heavy atom. The lowest BCUT2D eigenvalue weighted by Gasteiger charge is -2.25. The molecule has 0 aliphatic heterocycles. The van der Waals surface area contributed by atoms with Crippen LogP contribution in [0.3, 0.4) is 0 Å². The molecule has 110 valence electrons. The van der Waals surface area contributed by atoms with E-state index in [-0.39, 0.29) is 0 Å². The monoisotopic (exact) mass is 327 g/mol. The zero-order valence-corrected chi connectivity index (χ0v) is 11.8. The topological polar surface area (TPSA) is 166 Å². The van der Waals surface area contributed by atoms with E-state index in [1.54, 1.807) is 0 Å². The summed E-state index contributed by atoms with van der Waals surface area (Å²) in [5, 5.41) is 0. The third-order valence-electron chi connectivity index (χ3n) is 2.04. The second kappa shape index (κ2) is 4.99. The highest BCUT2D eigenvalue weighted by Gasteiger charge is 2.65. The maximum Gasteiger partial charge on any atom is 0.346 e. The Balaban J connectivity index is 6.30. The van der Waals surface area contributed by atoms with Crippen LogP contribution in [0.25, 0.3) is 0 Å². The fourth-order valence-electron chi connectivity index (χ4n) is 1.15. The first-order chi connectivity index (χ1) is 7.67. The predicted octanol–water partition coefficient (Wildman–Crippen LogP) is -1.74. The Kier molecular flexibility index (Phi) is 4.91. The minimum absolute atomic E-state index is 0.459. The fraction of sp³-hybridized carbons (Fsp3) is 1.00. The maximum absolute atomic E-state index is 11.0. The van der Waals surface area contributed by atoms with Gasteiger partial charge in [0.25, 0.3) is 0 Å². The molecule has 0 bridgehead atoms. The van der Waals surface area contributed by atoms with Gasteiger partial charge in [0.2, 0.25) is 0 Å². The molecule has 13 heteroatoms. The van der Waals surface area contributed by atoms with Crippen LogP contribution in [-0.2, 0) is 30.4 Å². The van der Waals surface area contributed by atoms with E-state index < -0.39 is 46.7 Å². The Morgan fingerprint density at radius 2 is 1.11 bits per heavy atom. The molecule has 0 saturated carbocycles. The van der Waals surface area contributed by atoms with Crippen molar-refractivity contribution >= 4 is 30.4 Å². The Morgan fingerprint density at radius 3 is 1.28 bits per heavy atom. The van der Waals surface area contributed by atoms with Gasteiger partial charge in [0.15, 0.2) is 0 Å². The van der Waals surface area contributed by atoms with Gasteiger partial charge in [0.1, 0.15) is 0 Å². The smallest absolute Gasteiger partial charge is 0.309 e. The van der Waals surface area contributed by atoms with E-state index in [0.717, 1.165) is 0 Å². The largest absolute Gasteiger partial charge is 0.346 e. The van der Waals surface area contributed by atoms with Crippen molar-refractivity contribution in [3.05, 3.63) is 0 Å². The number of hydrogen-bond donors (Lipinski definition) is 3. The quantitative estimate of drug-likeness (QED) is 0.476. The van der Waals surface area contributed by atoms with Crippen molar-refractivity contribution in [2.45, 2.75) is 9.83 Å². The summed E-state index contributed by atoms with van der Waals surface area (Å²) in [4.78, 5) is 1.19. The molecular formula is C5H13NO9S3. The van der Waals surface area contributed by atoms with Crippen molar-refractivity contribution in [2.24, 2.45) is 0 Å². The van der Waals surface area contributed by atoms with Crippen LogP contribution in [0, 0.1) is 0 Å². The van der Waals surface area contributed by atoms with Crippen molar-refractivity contribution in [2.75, 3.05) is 20.6 Å². The Labute approximate surface area is 105 Å². The van der Waals surface area contributed by atoms with E-state index in [4.69, 9.17) is 13.7 Å². The minimum atomic E-state index is -5.84. The summed E-state index contributed by atoms with van der Waals surface area (Å²) in [6.45, 7) is -0.459. The van der Waals surface area contributed by atoms with Crippen molar-refractivity contribution < 1.29 is 38.9 Å². The van der Waals surface area contributed by atoms with Crippen LogP contribution in [0.15, 0.2) is 0 Å². The molecule has 0 aliphatic rings. The van der Waals surface area contributed by atoms with Gasteiger partial charge in [0.05, 0.1) is 0 Å². The van der Waals surface area contributed by atoms with Gasteiger partial charge in [-0.25, -0.2) is 0 Å². The van der Waals surface area contributed by atoms with E-state index in [2.05, 4.69) is 0 Å². The van der Waals surface area contributed by atoms with E-state index in [1.807, 2.05) is 0 Å². The highest BCUT2D eigenvalue weighted by molar-refractivity contribution is 8.21. The standard InChI is InChI=1S/C5H13NO9S3/c1-6(2)4-3-5(16(7,8)9,17(10,11)12)18(13,14)15/h3-4H2,1-2H3,(H,7,8,9)(H,10,11,12)(H,13,14,15). The lowest BCUT2D eigenvalue weighted by Crippen LogP contribution is -2.53. The van der Waals surface area contributed by atoms with E-state index in [1.165, 1.54) is 19.0 Å². The molecule has 18 heavy (non-hydrogen) atoms. The molecular weight excluding hydrogens is 314 g/mol.